The van der Waals surface area contributed by atoms with Gasteiger partial charge >= 0.3 is 12.3 Å². The number of rotatable bonds is 6. The standard InChI is InChI=1S/C28H26Cl2F6N4O3/c1-27(2,3)43-26(42)37-15(9-14-10-19(32)20(33)12-18(14)31)11-22(41)39-7-8-40-21(13-39)24(38-25(40)28(34,35)36)16-5-4-6-17(29)23(16)30/h4-6,10,12,15H,7-9,11,13H2,1-3H3,(H,37,42). The molecular formula is C28H26Cl2F6N4O3. The maximum Gasteiger partial charge on any atom is 0.449 e. The minimum Gasteiger partial charge on any atom is -0.444 e. The number of nitrogens with zero attached hydrogens (tertiary/aromatic N) is 3. The summed E-state index contributed by atoms with van der Waals surface area (Å²) in [5, 5.41) is 2.54. The van der Waals surface area contributed by atoms with Crippen molar-refractivity contribution in [3.05, 3.63) is 74.9 Å². The second-order valence-corrected chi connectivity index (χ2v) is 11.7. The summed E-state index contributed by atoms with van der Waals surface area (Å²) in [6.07, 6.45) is -6.63. The summed E-state index contributed by atoms with van der Waals surface area (Å²) in [6, 6.07) is 4.24. The van der Waals surface area contributed by atoms with Crippen molar-refractivity contribution < 1.29 is 40.7 Å². The first kappa shape index (κ1) is 32.5. The number of ether oxygens (including phenoxy) is 1. The minimum absolute atomic E-state index is 0.0163. The fourth-order valence-corrected chi connectivity index (χ4v) is 5.06. The molecule has 0 aliphatic carbocycles. The molecular weight excluding hydrogens is 625 g/mol. The summed E-state index contributed by atoms with van der Waals surface area (Å²) in [6.45, 7) is 4.07. The average Bonchev–Trinajstić information content (AvgIpc) is 3.27. The van der Waals surface area contributed by atoms with E-state index in [2.05, 4.69) is 10.3 Å². The van der Waals surface area contributed by atoms with Crippen LogP contribution in [-0.2, 0) is 35.2 Å². The van der Waals surface area contributed by atoms with Gasteiger partial charge in [0.05, 0.1) is 28.0 Å². The monoisotopic (exact) mass is 650 g/mol. The van der Waals surface area contributed by atoms with Gasteiger partial charge in [0, 0.05) is 37.2 Å². The van der Waals surface area contributed by atoms with Gasteiger partial charge in [-0.1, -0.05) is 35.3 Å². The number of carbonyl (C=O) groups excluding carboxylic acids is 2. The molecule has 232 valence electrons. The van der Waals surface area contributed by atoms with Crippen molar-refractivity contribution in [3.8, 4) is 11.3 Å². The van der Waals surface area contributed by atoms with E-state index in [4.69, 9.17) is 27.9 Å². The normalized spacial score (nSPS) is 14.3. The number of hydrogen-bond acceptors (Lipinski definition) is 4. The number of hydrogen-bond donors (Lipinski definition) is 1. The molecule has 7 nitrogen and oxygen atoms in total. The zero-order valence-electron chi connectivity index (χ0n) is 23.1. The van der Waals surface area contributed by atoms with Gasteiger partial charge in [-0.25, -0.2) is 22.9 Å². The number of nitrogens with one attached hydrogen (secondary N) is 1. The van der Waals surface area contributed by atoms with E-state index in [0.29, 0.717) is 12.1 Å². The summed E-state index contributed by atoms with van der Waals surface area (Å²) in [4.78, 5) is 31.1. The Bertz CT molecular complexity index is 1550. The average molecular weight is 651 g/mol. The Balaban J connectivity index is 1.63. The lowest BCUT2D eigenvalue weighted by atomic mass is 10.0. The summed E-state index contributed by atoms with van der Waals surface area (Å²) < 4.78 is 89.7. The molecule has 1 N–H and O–H groups in total. The minimum atomic E-state index is -4.80. The number of imidazole rings is 1. The van der Waals surface area contributed by atoms with Crippen LogP contribution in [0.25, 0.3) is 11.3 Å². The highest BCUT2D eigenvalue weighted by molar-refractivity contribution is 6.43. The van der Waals surface area contributed by atoms with Gasteiger partial charge < -0.3 is 19.5 Å². The number of alkyl carbamates (subject to hydrolysis) is 1. The third-order valence-corrected chi connectivity index (χ3v) is 7.34. The molecule has 0 spiro atoms. The van der Waals surface area contributed by atoms with Crippen LogP contribution in [0, 0.1) is 17.5 Å². The van der Waals surface area contributed by atoms with E-state index in [1.807, 2.05) is 0 Å². The van der Waals surface area contributed by atoms with E-state index in [1.54, 1.807) is 20.8 Å². The molecule has 1 aliphatic rings. The van der Waals surface area contributed by atoms with Gasteiger partial charge in [-0.2, -0.15) is 13.2 Å². The van der Waals surface area contributed by atoms with Crippen LogP contribution in [0.1, 0.15) is 44.3 Å². The molecule has 2 amide bonds. The number of carbonyl (C=O) groups is 2. The van der Waals surface area contributed by atoms with Gasteiger partial charge in [0.15, 0.2) is 11.6 Å². The molecule has 0 fully saturated rings. The molecule has 0 saturated heterocycles. The molecule has 3 aromatic rings. The fourth-order valence-electron chi connectivity index (χ4n) is 4.67. The fraction of sp³-hybridized carbons (Fsp3) is 0.393. The Morgan fingerprint density at radius 3 is 2.37 bits per heavy atom. The topological polar surface area (TPSA) is 76.5 Å². The number of benzene rings is 2. The van der Waals surface area contributed by atoms with Crippen molar-refractivity contribution in [3.63, 3.8) is 0 Å². The Hall–Kier alpha value is -3.45. The summed E-state index contributed by atoms with van der Waals surface area (Å²) in [5.41, 5.74) is -1.15. The SMILES string of the molecule is CC(C)(C)OC(=O)NC(CC(=O)N1CCn2c(C(F)(F)F)nc(-c3cccc(Cl)c3Cl)c2C1)Cc1cc(F)c(F)cc1F. The van der Waals surface area contributed by atoms with Gasteiger partial charge in [-0.3, -0.25) is 4.79 Å². The second kappa shape index (κ2) is 12.3. The van der Waals surface area contributed by atoms with Gasteiger partial charge in [-0.05, 0) is 44.9 Å². The molecule has 43 heavy (non-hydrogen) atoms. The van der Waals surface area contributed by atoms with Crippen LogP contribution in [0.15, 0.2) is 30.3 Å². The van der Waals surface area contributed by atoms with Crippen LogP contribution in [0.2, 0.25) is 10.0 Å². The summed E-state index contributed by atoms with van der Waals surface area (Å²) >= 11 is 12.4. The Morgan fingerprint density at radius 2 is 1.72 bits per heavy atom. The van der Waals surface area contributed by atoms with E-state index < -0.39 is 65.9 Å². The van der Waals surface area contributed by atoms with Gasteiger partial charge in [0.1, 0.15) is 11.4 Å². The lowest BCUT2D eigenvalue weighted by Gasteiger charge is -2.31. The van der Waals surface area contributed by atoms with E-state index in [-0.39, 0.29) is 52.2 Å². The van der Waals surface area contributed by atoms with Crippen molar-refractivity contribution in [1.29, 1.82) is 0 Å². The Kier molecular flexibility index (Phi) is 9.27. The first-order valence-electron chi connectivity index (χ1n) is 13.0. The van der Waals surface area contributed by atoms with Crippen molar-refractivity contribution in [2.75, 3.05) is 6.54 Å². The molecule has 4 rings (SSSR count). The zero-order valence-corrected chi connectivity index (χ0v) is 24.6. The molecule has 0 bridgehead atoms. The first-order valence-corrected chi connectivity index (χ1v) is 13.7. The van der Waals surface area contributed by atoms with Gasteiger partial charge in [-0.15, -0.1) is 0 Å². The van der Waals surface area contributed by atoms with Crippen molar-refractivity contribution >= 4 is 35.2 Å². The highest BCUT2D eigenvalue weighted by atomic mass is 35.5. The second-order valence-electron chi connectivity index (χ2n) is 10.9. The first-order chi connectivity index (χ1) is 19.9. The molecule has 0 saturated carbocycles. The zero-order chi connectivity index (χ0) is 31.9. The molecule has 15 heteroatoms. The predicted molar refractivity (Wildman–Crippen MR) is 146 cm³/mol. The number of aromatic nitrogens is 2. The highest BCUT2D eigenvalue weighted by Gasteiger charge is 2.41. The van der Waals surface area contributed by atoms with Crippen LogP contribution in [0.5, 0.6) is 0 Å². The van der Waals surface area contributed by atoms with E-state index in [9.17, 15) is 35.9 Å². The van der Waals surface area contributed by atoms with Crippen molar-refractivity contribution in [2.24, 2.45) is 0 Å². The van der Waals surface area contributed by atoms with Crippen LogP contribution < -0.4 is 5.32 Å². The molecule has 1 aliphatic heterocycles. The van der Waals surface area contributed by atoms with Crippen LogP contribution >= 0.6 is 23.2 Å². The highest BCUT2D eigenvalue weighted by Crippen LogP contribution is 2.40. The molecule has 1 unspecified atom stereocenters. The molecule has 0 radical (unpaired) electrons. The maximum atomic E-state index is 14.5. The van der Waals surface area contributed by atoms with E-state index >= 15 is 0 Å². The number of amides is 2. The third kappa shape index (κ3) is 7.56. The van der Waals surface area contributed by atoms with E-state index in [0.717, 1.165) is 4.57 Å². The smallest absolute Gasteiger partial charge is 0.444 e. The number of fused-ring (bicyclic) bond motifs is 1. The largest absolute Gasteiger partial charge is 0.449 e. The lowest BCUT2D eigenvalue weighted by molar-refractivity contribution is -0.148. The molecule has 1 aromatic heterocycles. The van der Waals surface area contributed by atoms with Gasteiger partial charge in [0.2, 0.25) is 11.7 Å². The predicted octanol–water partition coefficient (Wildman–Crippen LogP) is 7.16. The number of halogens is 8. The van der Waals surface area contributed by atoms with Crippen molar-refractivity contribution in [2.45, 2.75) is 64.5 Å². The molecule has 2 heterocycles. The molecule has 2 aromatic carbocycles. The van der Waals surface area contributed by atoms with E-state index in [1.165, 1.54) is 23.1 Å². The Labute approximate surface area is 252 Å². The number of alkyl halides is 3. The summed E-state index contributed by atoms with van der Waals surface area (Å²) in [5.74, 6) is -5.61. The van der Waals surface area contributed by atoms with Crippen LogP contribution in [0.3, 0.4) is 0 Å². The lowest BCUT2D eigenvalue weighted by Crippen LogP contribution is -2.45. The van der Waals surface area contributed by atoms with Gasteiger partial charge in [0.25, 0.3) is 0 Å². The third-order valence-electron chi connectivity index (χ3n) is 6.52. The van der Waals surface area contributed by atoms with Crippen LogP contribution in [-0.4, -0.2) is 44.6 Å². The summed E-state index contributed by atoms with van der Waals surface area (Å²) in [7, 11) is 0. The van der Waals surface area contributed by atoms with Crippen molar-refractivity contribution in [1.82, 2.24) is 19.8 Å². The van der Waals surface area contributed by atoms with Crippen LogP contribution in [0.4, 0.5) is 31.1 Å². The Morgan fingerprint density at radius 1 is 1.05 bits per heavy atom. The maximum absolute atomic E-state index is 14.5. The quantitative estimate of drug-likeness (QED) is 0.227. The molecule has 1 atom stereocenters.